The highest BCUT2D eigenvalue weighted by Crippen LogP contribution is 2.35. The minimum atomic E-state index is -4.44. The van der Waals surface area contributed by atoms with Crippen LogP contribution in [0.5, 0.6) is 0 Å². The molecule has 16 heavy (non-hydrogen) atoms. The van der Waals surface area contributed by atoms with Crippen molar-refractivity contribution < 1.29 is 22.0 Å². The third kappa shape index (κ3) is 2.10. The predicted octanol–water partition coefficient (Wildman–Crippen LogP) is 3.16. The quantitative estimate of drug-likeness (QED) is 0.678. The van der Waals surface area contributed by atoms with Crippen molar-refractivity contribution in [3.63, 3.8) is 0 Å². The lowest BCUT2D eigenvalue weighted by Gasteiger charge is -2.40. The zero-order chi connectivity index (χ0) is 12.0. The number of halogens is 5. The van der Waals surface area contributed by atoms with Crippen LogP contribution < -0.4 is 4.90 Å². The monoisotopic (exact) mass is 237 g/mol. The fourth-order valence-corrected chi connectivity index (χ4v) is 1.57. The van der Waals surface area contributed by atoms with Crippen molar-refractivity contribution in [2.24, 2.45) is 0 Å². The number of benzene rings is 1. The van der Waals surface area contributed by atoms with Crippen LogP contribution in [0.4, 0.5) is 27.6 Å². The Balaban J connectivity index is 2.18. The predicted molar refractivity (Wildman–Crippen MR) is 48.6 cm³/mol. The lowest BCUT2D eigenvalue weighted by molar-refractivity contribution is -0.137. The zero-order valence-electron chi connectivity index (χ0n) is 8.06. The van der Waals surface area contributed by atoms with E-state index in [9.17, 15) is 22.0 Å². The lowest BCUT2D eigenvalue weighted by Crippen LogP contribution is -2.56. The van der Waals surface area contributed by atoms with E-state index >= 15 is 0 Å². The largest absolute Gasteiger partial charge is 0.416 e. The van der Waals surface area contributed by atoms with Crippen LogP contribution in [-0.4, -0.2) is 19.0 Å². The highest BCUT2D eigenvalue weighted by Gasteiger charge is 2.44. The van der Waals surface area contributed by atoms with Crippen molar-refractivity contribution in [1.29, 1.82) is 0 Å². The Kier molecular flexibility index (Phi) is 2.32. The maximum Gasteiger partial charge on any atom is 0.416 e. The van der Waals surface area contributed by atoms with Gasteiger partial charge in [0.15, 0.2) is 0 Å². The minimum absolute atomic E-state index is 0.181. The second-order valence-corrected chi connectivity index (χ2v) is 3.76. The lowest BCUT2D eigenvalue weighted by atomic mass is 10.1. The van der Waals surface area contributed by atoms with Gasteiger partial charge in [-0.05, 0) is 18.2 Å². The van der Waals surface area contributed by atoms with E-state index in [1.54, 1.807) is 0 Å². The Morgan fingerprint density at radius 1 is 1.12 bits per heavy atom. The summed E-state index contributed by atoms with van der Waals surface area (Å²) in [6.07, 6.45) is -4.44. The second kappa shape index (κ2) is 3.33. The van der Waals surface area contributed by atoms with Gasteiger partial charge in [0.1, 0.15) is 0 Å². The molecular formula is C10H8F5N. The fraction of sp³-hybridized carbons (Fsp3) is 0.400. The Bertz CT molecular complexity index is 390. The number of nitrogens with zero attached hydrogens (tertiary/aromatic N) is 1. The molecule has 0 unspecified atom stereocenters. The number of alkyl halides is 5. The molecule has 1 nitrogen and oxygen atoms in total. The van der Waals surface area contributed by atoms with Gasteiger partial charge < -0.3 is 4.90 Å². The topological polar surface area (TPSA) is 3.24 Å². The van der Waals surface area contributed by atoms with E-state index < -0.39 is 30.8 Å². The van der Waals surface area contributed by atoms with Crippen LogP contribution in [0.15, 0.2) is 24.3 Å². The molecule has 0 aliphatic carbocycles. The molecule has 0 aromatic heterocycles. The molecule has 1 aliphatic heterocycles. The Morgan fingerprint density at radius 3 is 2.25 bits per heavy atom. The first-order valence-electron chi connectivity index (χ1n) is 4.58. The second-order valence-electron chi connectivity index (χ2n) is 3.76. The third-order valence-corrected chi connectivity index (χ3v) is 2.38. The van der Waals surface area contributed by atoms with E-state index in [0.29, 0.717) is 0 Å². The van der Waals surface area contributed by atoms with Crippen LogP contribution >= 0.6 is 0 Å². The molecule has 6 heteroatoms. The van der Waals surface area contributed by atoms with Crippen molar-refractivity contribution in [2.45, 2.75) is 12.1 Å². The fourth-order valence-electron chi connectivity index (χ4n) is 1.57. The standard InChI is InChI=1S/C10H8F5N/c11-9(12)5-16(6-9)8-3-1-2-7(4-8)10(13,14)15/h1-4H,5-6H2. The molecule has 0 atom stereocenters. The van der Waals surface area contributed by atoms with Crippen molar-refractivity contribution in [1.82, 2.24) is 0 Å². The average molecular weight is 237 g/mol. The molecule has 1 saturated heterocycles. The van der Waals surface area contributed by atoms with Gasteiger partial charge in [0.25, 0.3) is 5.92 Å². The van der Waals surface area contributed by atoms with Crippen LogP contribution in [0, 0.1) is 0 Å². The molecule has 1 aromatic carbocycles. The van der Waals surface area contributed by atoms with E-state index in [0.717, 1.165) is 12.1 Å². The molecule has 0 radical (unpaired) electrons. The molecule has 2 rings (SSSR count). The van der Waals surface area contributed by atoms with Crippen LogP contribution in [-0.2, 0) is 6.18 Å². The van der Waals surface area contributed by atoms with Gasteiger partial charge in [0.2, 0.25) is 0 Å². The first-order valence-corrected chi connectivity index (χ1v) is 4.58. The highest BCUT2D eigenvalue weighted by atomic mass is 19.4. The van der Waals surface area contributed by atoms with Gasteiger partial charge in [-0.3, -0.25) is 0 Å². The van der Waals surface area contributed by atoms with Gasteiger partial charge in [0.05, 0.1) is 18.7 Å². The maximum atomic E-state index is 12.5. The average Bonchev–Trinajstić information content (AvgIpc) is 2.13. The molecule has 0 spiro atoms. The number of hydrogen-bond acceptors (Lipinski definition) is 1. The first-order chi connectivity index (χ1) is 7.28. The van der Waals surface area contributed by atoms with Crippen molar-refractivity contribution in [2.75, 3.05) is 18.0 Å². The number of anilines is 1. The molecule has 88 valence electrons. The molecule has 1 fully saturated rings. The third-order valence-electron chi connectivity index (χ3n) is 2.38. The van der Waals surface area contributed by atoms with Crippen LogP contribution in [0.1, 0.15) is 5.56 Å². The summed E-state index contributed by atoms with van der Waals surface area (Å²) < 4.78 is 62.1. The Labute approximate surface area is 88.5 Å². The summed E-state index contributed by atoms with van der Waals surface area (Å²) in [4.78, 5) is 1.22. The van der Waals surface area contributed by atoms with E-state index in [1.807, 2.05) is 0 Å². The SMILES string of the molecule is FC1(F)CN(c2cccc(C(F)(F)F)c2)C1. The molecule has 1 aliphatic rings. The smallest absolute Gasteiger partial charge is 0.359 e. The summed E-state index contributed by atoms with van der Waals surface area (Å²) in [5.74, 6) is -2.78. The summed E-state index contributed by atoms with van der Waals surface area (Å²) in [7, 11) is 0. The normalized spacial score (nSPS) is 19.4. The molecule has 0 N–H and O–H groups in total. The van der Waals surface area contributed by atoms with Crippen molar-refractivity contribution in [3.05, 3.63) is 29.8 Å². The molecule has 0 saturated carbocycles. The summed E-state index contributed by atoms with van der Waals surface area (Å²) in [6.45, 7) is -1.04. The summed E-state index contributed by atoms with van der Waals surface area (Å²) in [5.41, 5.74) is -0.638. The maximum absolute atomic E-state index is 12.5. The van der Waals surface area contributed by atoms with Gasteiger partial charge in [-0.1, -0.05) is 6.07 Å². The van der Waals surface area contributed by atoms with Gasteiger partial charge in [-0.15, -0.1) is 0 Å². The first kappa shape index (κ1) is 11.2. The van der Waals surface area contributed by atoms with E-state index in [1.165, 1.54) is 17.0 Å². The van der Waals surface area contributed by atoms with Gasteiger partial charge >= 0.3 is 6.18 Å². The van der Waals surface area contributed by atoms with Crippen LogP contribution in [0.3, 0.4) is 0 Å². The van der Waals surface area contributed by atoms with E-state index in [-0.39, 0.29) is 5.69 Å². The van der Waals surface area contributed by atoms with Gasteiger partial charge in [-0.2, -0.15) is 13.2 Å². The van der Waals surface area contributed by atoms with E-state index in [2.05, 4.69) is 0 Å². The Hall–Kier alpha value is -1.33. The van der Waals surface area contributed by atoms with Crippen molar-refractivity contribution in [3.8, 4) is 0 Å². The van der Waals surface area contributed by atoms with Gasteiger partial charge in [-0.25, -0.2) is 8.78 Å². The molecule has 0 amide bonds. The van der Waals surface area contributed by atoms with Crippen molar-refractivity contribution >= 4 is 5.69 Å². The molecule has 1 heterocycles. The summed E-state index contributed by atoms with van der Waals surface area (Å²) in [5, 5.41) is 0. The summed E-state index contributed by atoms with van der Waals surface area (Å²) >= 11 is 0. The summed E-state index contributed by atoms with van der Waals surface area (Å²) in [6, 6.07) is 4.41. The minimum Gasteiger partial charge on any atom is -0.359 e. The molecule has 0 bridgehead atoms. The zero-order valence-corrected chi connectivity index (χ0v) is 8.06. The highest BCUT2D eigenvalue weighted by molar-refractivity contribution is 5.52. The van der Waals surface area contributed by atoms with Crippen LogP contribution in [0.2, 0.25) is 0 Å². The Morgan fingerprint density at radius 2 is 1.75 bits per heavy atom. The van der Waals surface area contributed by atoms with Crippen LogP contribution in [0.25, 0.3) is 0 Å². The molecular weight excluding hydrogens is 229 g/mol. The van der Waals surface area contributed by atoms with E-state index in [4.69, 9.17) is 0 Å². The molecule has 1 aromatic rings. The number of hydrogen-bond donors (Lipinski definition) is 0. The number of rotatable bonds is 1. The van der Waals surface area contributed by atoms with Gasteiger partial charge in [0, 0.05) is 5.69 Å².